The van der Waals surface area contributed by atoms with Gasteiger partial charge >= 0.3 is 5.97 Å². The van der Waals surface area contributed by atoms with Crippen molar-refractivity contribution in [3.63, 3.8) is 0 Å². The molecule has 0 unspecified atom stereocenters. The number of anilines is 1. The molecule has 2 aromatic rings. The molecular formula is C14H13ClFN3O2. The van der Waals surface area contributed by atoms with Crippen LogP contribution in [0.15, 0.2) is 24.4 Å². The van der Waals surface area contributed by atoms with Gasteiger partial charge in [-0.05, 0) is 24.6 Å². The van der Waals surface area contributed by atoms with Crippen molar-refractivity contribution in [3.05, 3.63) is 46.4 Å². The number of hydrogen-bond donors (Lipinski definition) is 0. The average molecular weight is 310 g/mol. The molecule has 1 heterocycles. The van der Waals surface area contributed by atoms with Crippen molar-refractivity contribution < 1.29 is 13.9 Å². The second kappa shape index (κ2) is 6.05. The fourth-order valence-corrected chi connectivity index (χ4v) is 1.89. The molecule has 1 aromatic carbocycles. The molecule has 0 radical (unpaired) electrons. The van der Waals surface area contributed by atoms with Gasteiger partial charge in [0.1, 0.15) is 11.4 Å². The van der Waals surface area contributed by atoms with Crippen molar-refractivity contribution in [2.45, 2.75) is 6.92 Å². The van der Waals surface area contributed by atoms with Crippen LogP contribution in [0.4, 0.5) is 10.2 Å². The zero-order valence-corrected chi connectivity index (χ0v) is 12.5. The first-order valence-electron chi connectivity index (χ1n) is 6.07. The molecule has 0 spiro atoms. The van der Waals surface area contributed by atoms with Crippen LogP contribution in [-0.4, -0.2) is 30.3 Å². The number of carbonyl (C=O) groups excluding carboxylic acids is 1. The maximum Gasteiger partial charge on any atom is 0.347 e. The molecule has 0 saturated carbocycles. The second-order valence-electron chi connectivity index (χ2n) is 4.59. The third-order valence-electron chi connectivity index (χ3n) is 2.73. The number of aromatic nitrogens is 2. The summed E-state index contributed by atoms with van der Waals surface area (Å²) >= 11 is 6.02. The Morgan fingerprint density at radius 3 is 2.76 bits per heavy atom. The highest BCUT2D eigenvalue weighted by Crippen LogP contribution is 2.30. The summed E-state index contributed by atoms with van der Waals surface area (Å²) in [6, 6.07) is 3.81. The van der Waals surface area contributed by atoms with Gasteiger partial charge in [-0.1, -0.05) is 11.6 Å². The monoisotopic (exact) mass is 309 g/mol. The highest BCUT2D eigenvalue weighted by Gasteiger charge is 2.19. The lowest BCUT2D eigenvalue weighted by molar-refractivity contribution is 0.0734. The number of rotatable bonds is 3. The van der Waals surface area contributed by atoms with Crippen LogP contribution in [0.2, 0.25) is 5.02 Å². The summed E-state index contributed by atoms with van der Waals surface area (Å²) in [5, 5.41) is 7.78. The number of ether oxygens (including phenoxy) is 1. The maximum atomic E-state index is 13.4. The van der Waals surface area contributed by atoms with E-state index < -0.39 is 11.8 Å². The summed E-state index contributed by atoms with van der Waals surface area (Å²) < 4.78 is 18.6. The van der Waals surface area contributed by atoms with Crippen LogP contribution in [0.3, 0.4) is 0 Å². The standard InChI is InChI=1S/C14H13ClFN3O2/c1-8-6-9(16)7-11(12(8)15)21-14(20)10-4-5-17-18-13(10)19(2)3/h4-7H,1-3H3. The summed E-state index contributed by atoms with van der Waals surface area (Å²) in [6.45, 7) is 1.63. The number of benzene rings is 1. The van der Waals surface area contributed by atoms with Crippen LogP contribution < -0.4 is 9.64 Å². The van der Waals surface area contributed by atoms with E-state index in [1.165, 1.54) is 18.3 Å². The summed E-state index contributed by atoms with van der Waals surface area (Å²) in [5.74, 6) is -0.881. The van der Waals surface area contributed by atoms with Gasteiger partial charge in [0.05, 0.1) is 11.2 Å². The average Bonchev–Trinajstić information content (AvgIpc) is 2.44. The van der Waals surface area contributed by atoms with E-state index in [0.29, 0.717) is 11.4 Å². The summed E-state index contributed by atoms with van der Waals surface area (Å²) in [4.78, 5) is 13.8. The summed E-state index contributed by atoms with van der Waals surface area (Å²) in [6.07, 6.45) is 1.38. The molecule has 0 aliphatic heterocycles. The number of halogens is 2. The van der Waals surface area contributed by atoms with Gasteiger partial charge in [0.25, 0.3) is 0 Å². The van der Waals surface area contributed by atoms with E-state index in [1.807, 2.05) is 0 Å². The second-order valence-corrected chi connectivity index (χ2v) is 4.97. The van der Waals surface area contributed by atoms with E-state index in [0.717, 1.165) is 6.07 Å². The highest BCUT2D eigenvalue weighted by molar-refractivity contribution is 6.33. The predicted molar refractivity (Wildman–Crippen MR) is 77.5 cm³/mol. The molecule has 0 atom stereocenters. The fraction of sp³-hybridized carbons (Fsp3) is 0.214. The first-order chi connectivity index (χ1) is 9.90. The summed E-state index contributed by atoms with van der Waals surface area (Å²) in [7, 11) is 3.44. The van der Waals surface area contributed by atoms with Gasteiger partial charge in [-0.2, -0.15) is 5.10 Å². The van der Waals surface area contributed by atoms with Gasteiger partial charge in [-0.25, -0.2) is 9.18 Å². The molecule has 110 valence electrons. The molecule has 0 bridgehead atoms. The fourth-order valence-electron chi connectivity index (χ4n) is 1.74. The smallest absolute Gasteiger partial charge is 0.347 e. The van der Waals surface area contributed by atoms with Crippen molar-refractivity contribution in [3.8, 4) is 5.75 Å². The zero-order valence-electron chi connectivity index (χ0n) is 11.7. The number of hydrogen-bond acceptors (Lipinski definition) is 5. The Morgan fingerprint density at radius 1 is 1.38 bits per heavy atom. The SMILES string of the molecule is Cc1cc(F)cc(OC(=O)c2ccnnc2N(C)C)c1Cl. The van der Waals surface area contributed by atoms with Crippen molar-refractivity contribution in [2.24, 2.45) is 0 Å². The molecule has 0 N–H and O–H groups in total. The molecule has 1 aromatic heterocycles. The first kappa shape index (κ1) is 15.2. The Kier molecular flexibility index (Phi) is 4.37. The number of aryl methyl sites for hydroxylation is 1. The van der Waals surface area contributed by atoms with E-state index in [4.69, 9.17) is 16.3 Å². The molecule has 0 aliphatic carbocycles. The normalized spacial score (nSPS) is 10.3. The van der Waals surface area contributed by atoms with E-state index >= 15 is 0 Å². The van der Waals surface area contributed by atoms with Crippen LogP contribution in [0.1, 0.15) is 15.9 Å². The summed E-state index contributed by atoms with van der Waals surface area (Å²) in [5.41, 5.74) is 0.702. The van der Waals surface area contributed by atoms with Gasteiger partial charge < -0.3 is 9.64 Å². The lowest BCUT2D eigenvalue weighted by Crippen LogP contribution is -2.19. The molecule has 5 nitrogen and oxygen atoms in total. The minimum Gasteiger partial charge on any atom is -0.421 e. The van der Waals surface area contributed by atoms with Crippen molar-refractivity contribution in [1.82, 2.24) is 10.2 Å². The van der Waals surface area contributed by atoms with Crippen molar-refractivity contribution in [1.29, 1.82) is 0 Å². The van der Waals surface area contributed by atoms with Crippen LogP contribution in [0.5, 0.6) is 5.75 Å². The lowest BCUT2D eigenvalue weighted by Gasteiger charge is -2.14. The van der Waals surface area contributed by atoms with Crippen LogP contribution in [-0.2, 0) is 0 Å². The largest absolute Gasteiger partial charge is 0.421 e. The third kappa shape index (κ3) is 3.28. The van der Waals surface area contributed by atoms with E-state index in [1.54, 1.807) is 25.9 Å². The quantitative estimate of drug-likeness (QED) is 0.644. The highest BCUT2D eigenvalue weighted by atomic mass is 35.5. The Hall–Kier alpha value is -2.21. The number of esters is 1. The van der Waals surface area contributed by atoms with Crippen molar-refractivity contribution in [2.75, 3.05) is 19.0 Å². The molecular weight excluding hydrogens is 297 g/mol. The molecule has 2 rings (SSSR count). The molecule has 0 amide bonds. The number of carbonyl (C=O) groups is 1. The molecule has 0 fully saturated rings. The Balaban J connectivity index is 2.35. The van der Waals surface area contributed by atoms with E-state index in [2.05, 4.69) is 10.2 Å². The van der Waals surface area contributed by atoms with Crippen molar-refractivity contribution >= 4 is 23.4 Å². The zero-order chi connectivity index (χ0) is 15.6. The topological polar surface area (TPSA) is 55.3 Å². The van der Waals surface area contributed by atoms with Gasteiger partial charge in [0, 0.05) is 20.2 Å². The Labute approximate surface area is 126 Å². The molecule has 0 aliphatic rings. The van der Waals surface area contributed by atoms with Gasteiger partial charge in [0.15, 0.2) is 11.6 Å². The molecule has 7 heteroatoms. The Morgan fingerprint density at radius 2 is 2.10 bits per heavy atom. The van der Waals surface area contributed by atoms with Gasteiger partial charge in [-0.3, -0.25) is 0 Å². The van der Waals surface area contributed by atoms with Crippen LogP contribution >= 0.6 is 11.6 Å². The molecule has 21 heavy (non-hydrogen) atoms. The van der Waals surface area contributed by atoms with E-state index in [-0.39, 0.29) is 16.3 Å². The third-order valence-corrected chi connectivity index (χ3v) is 3.22. The lowest BCUT2D eigenvalue weighted by atomic mass is 10.2. The first-order valence-corrected chi connectivity index (χ1v) is 6.44. The minimum atomic E-state index is -0.680. The minimum absolute atomic E-state index is 0.0271. The molecule has 0 saturated heterocycles. The van der Waals surface area contributed by atoms with Crippen LogP contribution in [0, 0.1) is 12.7 Å². The van der Waals surface area contributed by atoms with Gasteiger partial charge in [0.2, 0.25) is 0 Å². The maximum absolute atomic E-state index is 13.4. The van der Waals surface area contributed by atoms with Crippen LogP contribution in [0.25, 0.3) is 0 Å². The number of nitrogens with zero attached hydrogens (tertiary/aromatic N) is 3. The van der Waals surface area contributed by atoms with Gasteiger partial charge in [-0.15, -0.1) is 5.10 Å². The van der Waals surface area contributed by atoms with E-state index in [9.17, 15) is 9.18 Å². The Bertz CT molecular complexity index is 692. The predicted octanol–water partition coefficient (Wildman–Crippen LogP) is 2.86.